The van der Waals surface area contributed by atoms with E-state index in [-0.39, 0.29) is 32.4 Å². The van der Waals surface area contributed by atoms with E-state index in [1.54, 1.807) is 61.8 Å². The smallest absolute Gasteiger partial charge is 0.251 e. The third-order valence-corrected chi connectivity index (χ3v) is 5.92. The number of rotatable bonds is 6. The van der Waals surface area contributed by atoms with Crippen molar-refractivity contribution in [3.05, 3.63) is 107 Å². The Balaban J connectivity index is 0.00000180. The average molecular weight is 461 g/mol. The van der Waals surface area contributed by atoms with Crippen LogP contribution in [0.25, 0.3) is 11.1 Å². The quantitative estimate of drug-likeness (QED) is 0.357. The molecule has 0 unspecified atom stereocenters. The Morgan fingerprint density at radius 1 is 0.971 bits per heavy atom. The lowest BCUT2D eigenvalue weighted by Crippen LogP contribution is -2.26. The molecule has 4 aromatic rings. The van der Waals surface area contributed by atoms with Crippen LogP contribution in [0.15, 0.2) is 79.1 Å². The lowest BCUT2D eigenvalue weighted by molar-refractivity contribution is 0.0950. The second-order valence-electron chi connectivity index (χ2n) is 8.44. The molecule has 1 aliphatic rings. The Morgan fingerprint density at radius 3 is 2.53 bits per heavy atom. The van der Waals surface area contributed by atoms with Crippen molar-refractivity contribution >= 4 is 17.5 Å². The molecule has 3 aromatic carbocycles. The lowest BCUT2D eigenvalue weighted by atomic mass is 10.1. The van der Waals surface area contributed by atoms with Gasteiger partial charge in [0.2, 0.25) is 5.95 Å². The number of benzene rings is 3. The number of anilines is 2. The Morgan fingerprint density at radius 2 is 1.76 bits per heavy atom. The van der Waals surface area contributed by atoms with Gasteiger partial charge in [-0.1, -0.05) is 30.3 Å². The van der Waals surface area contributed by atoms with E-state index in [1.165, 1.54) is 12.1 Å². The molecule has 0 bridgehead atoms. The zero-order chi connectivity index (χ0) is 23.7. The number of hydrogen-bond donors (Lipinski definition) is 2. The number of hydrogen-bond acceptors (Lipinski definition) is 4. The topological polar surface area (TPSA) is 66.9 Å². The van der Waals surface area contributed by atoms with Crippen LogP contribution in [-0.4, -0.2) is 21.9 Å². The van der Waals surface area contributed by atoms with Gasteiger partial charge >= 0.3 is 0 Å². The highest BCUT2D eigenvalue weighted by Crippen LogP contribution is 2.41. The molecule has 0 aliphatic heterocycles. The van der Waals surface area contributed by atoms with Gasteiger partial charge in [0.05, 0.1) is 0 Å². The molecule has 1 fully saturated rings. The highest BCUT2D eigenvalue weighted by molar-refractivity contribution is 5.95. The molecule has 7 heteroatoms. The predicted molar refractivity (Wildman–Crippen MR) is 131 cm³/mol. The summed E-state index contributed by atoms with van der Waals surface area (Å²) in [5, 5.41) is 6.11. The molecule has 2 atom stereocenters. The number of nitrogens with one attached hydrogen (secondary N) is 2. The molecule has 0 spiro atoms. The summed E-state index contributed by atoms with van der Waals surface area (Å²) in [6.07, 6.45) is 4.02. The molecule has 2 N–H and O–H groups in total. The van der Waals surface area contributed by atoms with Crippen molar-refractivity contribution in [1.82, 2.24) is 15.3 Å². The summed E-state index contributed by atoms with van der Waals surface area (Å²) in [5.74, 6) is -0.240. The molecule has 174 valence electrons. The van der Waals surface area contributed by atoms with Crippen LogP contribution in [0.1, 0.15) is 36.7 Å². The summed E-state index contributed by atoms with van der Waals surface area (Å²) in [6.45, 7) is 1.73. The highest BCUT2D eigenvalue weighted by Gasteiger charge is 2.39. The van der Waals surface area contributed by atoms with Crippen LogP contribution in [0, 0.1) is 18.6 Å². The standard InChI is InChI=1S/C27H22F2N4O.2H2/c1-16-8-9-18(12-24(16)29)23-13-25(23)33-26(34)19-5-3-7-22(11-19)32-27-30-14-20(15-31-27)17-4-2-6-21(28)10-17;;/h2-12,14-15,23,25H,13H2,1H3,(H,33,34)(H,30,31,32);2*1H/t23-,25+;;/m0../s1. The van der Waals surface area contributed by atoms with Gasteiger partial charge in [-0.15, -0.1) is 0 Å². The molecule has 5 rings (SSSR count). The van der Waals surface area contributed by atoms with Crippen molar-refractivity contribution < 1.29 is 16.4 Å². The molecule has 1 saturated carbocycles. The molecular formula is C27H26F2N4O. The van der Waals surface area contributed by atoms with Crippen LogP contribution in [0.2, 0.25) is 0 Å². The first-order valence-electron chi connectivity index (χ1n) is 11.0. The number of amides is 1. The fourth-order valence-corrected chi connectivity index (χ4v) is 3.89. The fraction of sp³-hybridized carbons (Fsp3) is 0.148. The highest BCUT2D eigenvalue weighted by atomic mass is 19.1. The van der Waals surface area contributed by atoms with Gasteiger partial charge in [0, 0.05) is 44.0 Å². The van der Waals surface area contributed by atoms with E-state index in [1.807, 2.05) is 12.1 Å². The van der Waals surface area contributed by atoms with Gasteiger partial charge in [-0.25, -0.2) is 18.7 Å². The maximum absolute atomic E-state index is 13.9. The SMILES string of the molecule is Cc1ccc([C@@H]2C[C@H]2NC(=O)c2cccc(Nc3ncc(-c4cccc(F)c4)cn3)c2)cc1F.[HH].[HH]. The number of aryl methyl sites for hydroxylation is 1. The van der Waals surface area contributed by atoms with Gasteiger partial charge in [0.15, 0.2) is 0 Å². The molecule has 0 saturated heterocycles. The number of carbonyl (C=O) groups is 1. The number of halogens is 2. The van der Waals surface area contributed by atoms with E-state index in [0.717, 1.165) is 12.0 Å². The average Bonchev–Trinajstić information content (AvgIpc) is 3.60. The number of nitrogens with zero attached hydrogens (tertiary/aromatic N) is 2. The molecule has 1 amide bonds. The van der Waals surface area contributed by atoms with Crippen molar-refractivity contribution in [3.8, 4) is 11.1 Å². The third kappa shape index (κ3) is 4.78. The van der Waals surface area contributed by atoms with Crippen molar-refractivity contribution in [2.75, 3.05) is 5.32 Å². The summed E-state index contributed by atoms with van der Waals surface area (Å²) in [5.41, 5.74) is 4.08. The van der Waals surface area contributed by atoms with E-state index in [0.29, 0.717) is 33.9 Å². The van der Waals surface area contributed by atoms with Gasteiger partial charge in [0.25, 0.3) is 5.91 Å². The Bertz CT molecular complexity index is 1370. The van der Waals surface area contributed by atoms with Crippen LogP contribution in [-0.2, 0) is 0 Å². The van der Waals surface area contributed by atoms with Gasteiger partial charge in [-0.3, -0.25) is 4.79 Å². The molecule has 1 aromatic heterocycles. The third-order valence-electron chi connectivity index (χ3n) is 5.92. The maximum atomic E-state index is 13.9. The maximum Gasteiger partial charge on any atom is 0.251 e. The van der Waals surface area contributed by atoms with Crippen LogP contribution >= 0.6 is 0 Å². The minimum absolute atomic E-state index is 0. The molecule has 1 heterocycles. The van der Waals surface area contributed by atoms with E-state index in [4.69, 9.17) is 0 Å². The minimum atomic E-state index is -0.321. The summed E-state index contributed by atoms with van der Waals surface area (Å²) in [7, 11) is 0. The Hall–Kier alpha value is -4.13. The van der Waals surface area contributed by atoms with Crippen molar-refractivity contribution in [1.29, 1.82) is 0 Å². The normalized spacial score (nSPS) is 16.7. The van der Waals surface area contributed by atoms with E-state index in [2.05, 4.69) is 20.6 Å². The Labute approximate surface area is 198 Å². The minimum Gasteiger partial charge on any atom is -0.349 e. The Kier molecular flexibility index (Phi) is 5.76. The first-order valence-corrected chi connectivity index (χ1v) is 11.0. The first-order chi connectivity index (χ1) is 16.5. The van der Waals surface area contributed by atoms with E-state index < -0.39 is 0 Å². The van der Waals surface area contributed by atoms with Crippen molar-refractivity contribution in [2.24, 2.45) is 0 Å². The zero-order valence-corrected chi connectivity index (χ0v) is 18.4. The lowest BCUT2D eigenvalue weighted by Gasteiger charge is -2.09. The monoisotopic (exact) mass is 460 g/mol. The molecule has 0 radical (unpaired) electrons. The second kappa shape index (κ2) is 9.02. The van der Waals surface area contributed by atoms with Gasteiger partial charge in [0.1, 0.15) is 11.6 Å². The van der Waals surface area contributed by atoms with Gasteiger partial charge in [-0.05, 0) is 66.4 Å². The largest absolute Gasteiger partial charge is 0.349 e. The van der Waals surface area contributed by atoms with E-state index >= 15 is 0 Å². The van der Waals surface area contributed by atoms with Crippen LogP contribution in [0.4, 0.5) is 20.4 Å². The van der Waals surface area contributed by atoms with Crippen LogP contribution < -0.4 is 10.6 Å². The predicted octanol–water partition coefficient (Wildman–Crippen LogP) is 6.25. The summed E-state index contributed by atoms with van der Waals surface area (Å²) < 4.78 is 27.3. The van der Waals surface area contributed by atoms with Crippen LogP contribution in [0.3, 0.4) is 0 Å². The fourth-order valence-electron chi connectivity index (χ4n) is 3.89. The summed E-state index contributed by atoms with van der Waals surface area (Å²) in [4.78, 5) is 21.3. The van der Waals surface area contributed by atoms with E-state index in [9.17, 15) is 13.6 Å². The second-order valence-corrected chi connectivity index (χ2v) is 8.44. The first kappa shape index (κ1) is 21.7. The number of aromatic nitrogens is 2. The molecule has 34 heavy (non-hydrogen) atoms. The number of carbonyl (C=O) groups excluding carboxylic acids is 1. The van der Waals surface area contributed by atoms with Gasteiger partial charge in [-0.2, -0.15) is 0 Å². The molecule has 1 aliphatic carbocycles. The van der Waals surface area contributed by atoms with Crippen molar-refractivity contribution in [2.45, 2.75) is 25.3 Å². The van der Waals surface area contributed by atoms with Gasteiger partial charge < -0.3 is 10.6 Å². The summed E-state index contributed by atoms with van der Waals surface area (Å²) in [6, 6.07) is 18.5. The van der Waals surface area contributed by atoms with Crippen molar-refractivity contribution in [3.63, 3.8) is 0 Å². The molecular weight excluding hydrogens is 434 g/mol. The zero-order valence-electron chi connectivity index (χ0n) is 18.4. The van der Waals surface area contributed by atoms with Crippen LogP contribution in [0.5, 0.6) is 0 Å². The summed E-state index contributed by atoms with van der Waals surface area (Å²) >= 11 is 0. The molecule has 5 nitrogen and oxygen atoms in total.